The highest BCUT2D eigenvalue weighted by Gasteiger charge is 2.33. The number of hydrogen-bond donors (Lipinski definition) is 1. The van der Waals surface area contributed by atoms with Crippen molar-refractivity contribution >= 4 is 0 Å². The number of rotatable bonds is 5. The highest BCUT2D eigenvalue weighted by molar-refractivity contribution is 4.89. The zero-order valence-electron chi connectivity index (χ0n) is 12.3. The molecule has 0 aromatic rings. The Labute approximate surface area is 113 Å². The molecule has 0 aromatic heterocycles. The fraction of sp³-hybridized carbons (Fsp3) is 1.00. The summed E-state index contributed by atoms with van der Waals surface area (Å²) in [6.07, 6.45) is 6.73. The summed E-state index contributed by atoms with van der Waals surface area (Å²) in [5, 5.41) is 0. The van der Waals surface area contributed by atoms with Gasteiger partial charge in [-0.25, -0.2) is 0 Å². The van der Waals surface area contributed by atoms with Crippen molar-refractivity contribution in [1.29, 1.82) is 0 Å². The van der Waals surface area contributed by atoms with E-state index in [0.29, 0.717) is 0 Å². The van der Waals surface area contributed by atoms with E-state index in [1.165, 1.54) is 58.3 Å². The van der Waals surface area contributed by atoms with Crippen LogP contribution in [0.4, 0.5) is 0 Å². The van der Waals surface area contributed by atoms with E-state index in [1.54, 1.807) is 0 Å². The summed E-state index contributed by atoms with van der Waals surface area (Å²) in [6, 6.07) is 1.58. The highest BCUT2D eigenvalue weighted by Crippen LogP contribution is 2.25. The van der Waals surface area contributed by atoms with E-state index < -0.39 is 0 Å². The molecule has 106 valence electrons. The van der Waals surface area contributed by atoms with Gasteiger partial charge in [-0.3, -0.25) is 9.80 Å². The number of nitrogens with two attached hydrogens (primary N) is 1. The van der Waals surface area contributed by atoms with Crippen LogP contribution >= 0.6 is 0 Å². The van der Waals surface area contributed by atoms with E-state index in [2.05, 4.69) is 23.6 Å². The van der Waals surface area contributed by atoms with E-state index in [0.717, 1.165) is 24.5 Å². The molecule has 2 N–H and O–H groups in total. The average Bonchev–Trinajstić information content (AvgIpc) is 2.37. The van der Waals surface area contributed by atoms with Gasteiger partial charge in [-0.05, 0) is 51.6 Å². The van der Waals surface area contributed by atoms with Gasteiger partial charge in [-0.1, -0.05) is 13.3 Å². The highest BCUT2D eigenvalue weighted by atomic mass is 15.3. The normalized spacial score (nSPS) is 32.2. The zero-order chi connectivity index (χ0) is 13.0. The predicted octanol–water partition coefficient (Wildman–Crippen LogP) is 1.92. The largest absolute Gasteiger partial charge is 0.330 e. The summed E-state index contributed by atoms with van der Waals surface area (Å²) in [5.41, 5.74) is 5.60. The number of nitrogens with zero attached hydrogens (tertiary/aromatic N) is 2. The van der Waals surface area contributed by atoms with Crippen LogP contribution in [-0.2, 0) is 0 Å². The molecule has 3 unspecified atom stereocenters. The minimum atomic E-state index is 0.736. The lowest BCUT2D eigenvalue weighted by atomic mass is 9.95. The van der Waals surface area contributed by atoms with E-state index in [-0.39, 0.29) is 0 Å². The Morgan fingerprint density at radius 2 is 2.11 bits per heavy atom. The molecule has 3 nitrogen and oxygen atoms in total. The third-order valence-electron chi connectivity index (χ3n) is 4.76. The van der Waals surface area contributed by atoms with Crippen molar-refractivity contribution in [2.45, 2.75) is 58.0 Å². The number of fused-ring (bicyclic) bond motifs is 1. The molecule has 2 fully saturated rings. The SMILES string of the molecule is CC(CCCN)CN1CC2CCCCN2CC1C. The summed E-state index contributed by atoms with van der Waals surface area (Å²) in [7, 11) is 0. The van der Waals surface area contributed by atoms with Crippen LogP contribution in [0, 0.1) is 5.92 Å². The first-order valence-corrected chi connectivity index (χ1v) is 7.89. The molecule has 3 atom stereocenters. The van der Waals surface area contributed by atoms with E-state index in [4.69, 9.17) is 5.73 Å². The van der Waals surface area contributed by atoms with Crippen molar-refractivity contribution in [3.63, 3.8) is 0 Å². The van der Waals surface area contributed by atoms with Gasteiger partial charge in [0.2, 0.25) is 0 Å². The predicted molar refractivity (Wildman–Crippen MR) is 77.7 cm³/mol. The molecule has 2 aliphatic heterocycles. The fourth-order valence-electron chi connectivity index (χ4n) is 3.63. The third kappa shape index (κ3) is 3.69. The Balaban J connectivity index is 1.81. The molecular formula is C15H31N3. The fourth-order valence-corrected chi connectivity index (χ4v) is 3.63. The van der Waals surface area contributed by atoms with Gasteiger partial charge in [0.15, 0.2) is 0 Å². The van der Waals surface area contributed by atoms with Crippen molar-refractivity contribution in [2.75, 3.05) is 32.7 Å². The summed E-state index contributed by atoms with van der Waals surface area (Å²) >= 11 is 0. The van der Waals surface area contributed by atoms with Crippen LogP contribution in [0.5, 0.6) is 0 Å². The molecule has 3 heteroatoms. The van der Waals surface area contributed by atoms with Crippen molar-refractivity contribution in [3.8, 4) is 0 Å². The minimum absolute atomic E-state index is 0.736. The van der Waals surface area contributed by atoms with Crippen LogP contribution in [-0.4, -0.2) is 54.6 Å². The number of hydrogen-bond acceptors (Lipinski definition) is 3. The second-order valence-corrected chi connectivity index (χ2v) is 6.48. The summed E-state index contributed by atoms with van der Waals surface area (Å²) < 4.78 is 0. The van der Waals surface area contributed by atoms with E-state index in [1.807, 2.05) is 0 Å². The molecule has 2 saturated heterocycles. The molecule has 0 amide bonds. The summed E-state index contributed by atoms with van der Waals surface area (Å²) in [5.74, 6) is 0.797. The van der Waals surface area contributed by atoms with Crippen molar-refractivity contribution in [2.24, 2.45) is 11.7 Å². The molecule has 2 rings (SSSR count). The first-order valence-electron chi connectivity index (χ1n) is 7.89. The van der Waals surface area contributed by atoms with Gasteiger partial charge in [-0.2, -0.15) is 0 Å². The molecule has 0 aromatic carbocycles. The quantitative estimate of drug-likeness (QED) is 0.812. The second-order valence-electron chi connectivity index (χ2n) is 6.48. The molecule has 0 saturated carbocycles. The topological polar surface area (TPSA) is 32.5 Å². The maximum absolute atomic E-state index is 5.60. The lowest BCUT2D eigenvalue weighted by Gasteiger charge is -2.48. The Morgan fingerprint density at radius 3 is 2.89 bits per heavy atom. The lowest BCUT2D eigenvalue weighted by molar-refractivity contribution is 0.00827. The summed E-state index contributed by atoms with van der Waals surface area (Å²) in [6.45, 7) is 10.8. The smallest absolute Gasteiger partial charge is 0.0223 e. The van der Waals surface area contributed by atoms with E-state index in [9.17, 15) is 0 Å². The Kier molecular flexibility index (Phi) is 5.46. The van der Waals surface area contributed by atoms with Crippen LogP contribution < -0.4 is 5.73 Å². The van der Waals surface area contributed by atoms with Gasteiger partial charge in [0.05, 0.1) is 0 Å². The zero-order valence-corrected chi connectivity index (χ0v) is 12.3. The molecule has 0 aliphatic carbocycles. The van der Waals surface area contributed by atoms with Gasteiger partial charge in [0.25, 0.3) is 0 Å². The third-order valence-corrected chi connectivity index (χ3v) is 4.76. The molecule has 18 heavy (non-hydrogen) atoms. The number of piperazine rings is 1. The molecule has 0 radical (unpaired) electrons. The molecular weight excluding hydrogens is 222 g/mol. The minimum Gasteiger partial charge on any atom is -0.330 e. The van der Waals surface area contributed by atoms with Crippen LogP contribution in [0.2, 0.25) is 0 Å². The van der Waals surface area contributed by atoms with Crippen molar-refractivity contribution < 1.29 is 0 Å². The van der Waals surface area contributed by atoms with Crippen LogP contribution in [0.1, 0.15) is 46.0 Å². The van der Waals surface area contributed by atoms with Crippen molar-refractivity contribution in [3.05, 3.63) is 0 Å². The van der Waals surface area contributed by atoms with Gasteiger partial charge in [0.1, 0.15) is 0 Å². The molecule has 0 bridgehead atoms. The molecule has 2 heterocycles. The van der Waals surface area contributed by atoms with Crippen LogP contribution in [0.15, 0.2) is 0 Å². The van der Waals surface area contributed by atoms with Gasteiger partial charge >= 0.3 is 0 Å². The van der Waals surface area contributed by atoms with Gasteiger partial charge in [-0.15, -0.1) is 0 Å². The maximum atomic E-state index is 5.60. The van der Waals surface area contributed by atoms with Crippen molar-refractivity contribution in [1.82, 2.24) is 9.80 Å². The van der Waals surface area contributed by atoms with Gasteiger partial charge in [0, 0.05) is 31.7 Å². The molecule has 0 spiro atoms. The Bertz CT molecular complexity index is 244. The summed E-state index contributed by atoms with van der Waals surface area (Å²) in [4.78, 5) is 5.46. The Morgan fingerprint density at radius 1 is 1.28 bits per heavy atom. The second kappa shape index (κ2) is 6.88. The first kappa shape index (κ1) is 14.3. The monoisotopic (exact) mass is 253 g/mol. The first-order chi connectivity index (χ1) is 8.70. The maximum Gasteiger partial charge on any atom is 0.0223 e. The standard InChI is InChI=1S/C15H31N3/c1-13(6-5-8-16)10-18-12-15-7-3-4-9-17(15)11-14(18)2/h13-15H,3-12,16H2,1-2H3. The van der Waals surface area contributed by atoms with Gasteiger partial charge < -0.3 is 5.73 Å². The number of piperidine rings is 1. The van der Waals surface area contributed by atoms with Crippen LogP contribution in [0.25, 0.3) is 0 Å². The molecule has 2 aliphatic rings. The van der Waals surface area contributed by atoms with Crippen LogP contribution in [0.3, 0.4) is 0 Å². The van der Waals surface area contributed by atoms with E-state index >= 15 is 0 Å². The lowest BCUT2D eigenvalue weighted by Crippen LogP contribution is -2.59. The Hall–Kier alpha value is -0.120. The average molecular weight is 253 g/mol.